The molecule has 1 aliphatic rings. The molecule has 13 heavy (non-hydrogen) atoms. The molecule has 1 heterocycles. The number of carbonyl (C=O) groups excluding carboxylic acids is 1. The van der Waals surface area contributed by atoms with Gasteiger partial charge in [-0.25, -0.2) is 0 Å². The third-order valence-corrected chi connectivity index (χ3v) is 2.32. The Balaban J connectivity index is 2.29. The molecule has 0 aromatic carbocycles. The second kappa shape index (κ2) is 5.19. The summed E-state index contributed by atoms with van der Waals surface area (Å²) in [6, 6.07) is 0. The predicted octanol–water partition coefficient (Wildman–Crippen LogP) is 0.0189. The Bertz CT molecular complexity index is 165. The fraction of sp³-hybridized carbons (Fsp3) is 0.889. The molecule has 76 valence electrons. The molecule has 3 N–H and O–H groups in total. The normalized spacial score (nSPS) is 26.4. The minimum Gasteiger partial charge on any atom is -0.367 e. The summed E-state index contributed by atoms with van der Waals surface area (Å²) in [5.74, 6) is -0.378. The monoisotopic (exact) mass is 186 g/mol. The highest BCUT2D eigenvalue weighted by molar-refractivity contribution is 5.78. The molecule has 0 aromatic rings. The Kier molecular flexibility index (Phi) is 4.18. The van der Waals surface area contributed by atoms with Crippen molar-refractivity contribution in [3.05, 3.63) is 0 Å². The van der Waals surface area contributed by atoms with Crippen LogP contribution in [-0.2, 0) is 9.53 Å². The standard InChI is InChI=1S/C9H18N2O2/c1-7(9(10)12)13-8-3-2-5-11-6-4-8/h7-8,11H,2-6H2,1H3,(H2,10,12). The lowest BCUT2D eigenvalue weighted by molar-refractivity contribution is -0.132. The number of hydrogen-bond donors (Lipinski definition) is 2. The second-order valence-corrected chi connectivity index (χ2v) is 3.48. The van der Waals surface area contributed by atoms with E-state index in [1.165, 1.54) is 0 Å². The lowest BCUT2D eigenvalue weighted by Gasteiger charge is -2.18. The number of rotatable bonds is 3. The maximum atomic E-state index is 10.7. The number of hydrogen-bond acceptors (Lipinski definition) is 3. The number of carbonyl (C=O) groups is 1. The molecule has 4 nitrogen and oxygen atoms in total. The van der Waals surface area contributed by atoms with Gasteiger partial charge in [0.1, 0.15) is 6.10 Å². The molecule has 1 amide bonds. The van der Waals surface area contributed by atoms with Crippen molar-refractivity contribution in [3.63, 3.8) is 0 Å². The number of amides is 1. The van der Waals surface area contributed by atoms with Crippen LogP contribution in [0.1, 0.15) is 26.2 Å². The molecule has 0 spiro atoms. The highest BCUT2D eigenvalue weighted by Gasteiger charge is 2.17. The largest absolute Gasteiger partial charge is 0.367 e. The van der Waals surface area contributed by atoms with Gasteiger partial charge in [-0.2, -0.15) is 0 Å². The molecule has 0 bridgehead atoms. The van der Waals surface area contributed by atoms with Gasteiger partial charge in [0.25, 0.3) is 0 Å². The maximum absolute atomic E-state index is 10.7. The first-order valence-corrected chi connectivity index (χ1v) is 4.85. The van der Waals surface area contributed by atoms with E-state index in [1.807, 2.05) is 0 Å². The Labute approximate surface area is 78.8 Å². The molecule has 2 atom stereocenters. The smallest absolute Gasteiger partial charge is 0.246 e. The van der Waals surface area contributed by atoms with Gasteiger partial charge >= 0.3 is 0 Å². The van der Waals surface area contributed by atoms with Crippen LogP contribution in [0.4, 0.5) is 0 Å². The van der Waals surface area contributed by atoms with Gasteiger partial charge < -0.3 is 15.8 Å². The van der Waals surface area contributed by atoms with E-state index < -0.39 is 6.10 Å². The fourth-order valence-electron chi connectivity index (χ4n) is 1.48. The molecule has 0 aliphatic carbocycles. The molecule has 2 unspecified atom stereocenters. The van der Waals surface area contributed by atoms with Gasteiger partial charge in [0.15, 0.2) is 0 Å². The van der Waals surface area contributed by atoms with Crippen molar-refractivity contribution in [1.29, 1.82) is 0 Å². The zero-order chi connectivity index (χ0) is 9.68. The van der Waals surface area contributed by atoms with E-state index in [1.54, 1.807) is 6.92 Å². The lowest BCUT2D eigenvalue weighted by Crippen LogP contribution is -2.32. The van der Waals surface area contributed by atoms with Gasteiger partial charge in [-0.15, -0.1) is 0 Å². The summed E-state index contributed by atoms with van der Waals surface area (Å²) in [6.45, 7) is 3.72. The lowest BCUT2D eigenvalue weighted by atomic mass is 10.1. The zero-order valence-corrected chi connectivity index (χ0v) is 8.08. The number of nitrogens with one attached hydrogen (secondary N) is 1. The van der Waals surface area contributed by atoms with E-state index in [0.717, 1.165) is 32.4 Å². The van der Waals surface area contributed by atoms with Gasteiger partial charge in [0.05, 0.1) is 6.10 Å². The van der Waals surface area contributed by atoms with E-state index in [4.69, 9.17) is 10.5 Å². The summed E-state index contributed by atoms with van der Waals surface area (Å²) in [7, 11) is 0. The van der Waals surface area contributed by atoms with Crippen molar-refractivity contribution in [2.75, 3.05) is 13.1 Å². The van der Waals surface area contributed by atoms with Gasteiger partial charge in [0.2, 0.25) is 5.91 Å². The van der Waals surface area contributed by atoms with Crippen LogP contribution in [-0.4, -0.2) is 31.2 Å². The highest BCUT2D eigenvalue weighted by Crippen LogP contribution is 2.11. The number of primary amides is 1. The Morgan fingerprint density at radius 2 is 2.31 bits per heavy atom. The molecule has 0 radical (unpaired) electrons. The van der Waals surface area contributed by atoms with Crippen LogP contribution in [0.5, 0.6) is 0 Å². The number of nitrogens with two attached hydrogens (primary N) is 1. The predicted molar refractivity (Wildman–Crippen MR) is 50.3 cm³/mol. The summed E-state index contributed by atoms with van der Waals surface area (Å²) >= 11 is 0. The average molecular weight is 186 g/mol. The van der Waals surface area contributed by atoms with E-state index in [-0.39, 0.29) is 12.0 Å². The maximum Gasteiger partial charge on any atom is 0.246 e. The molecule has 0 saturated carbocycles. The first-order chi connectivity index (χ1) is 6.20. The van der Waals surface area contributed by atoms with Crippen LogP contribution in [0.15, 0.2) is 0 Å². The molecular formula is C9H18N2O2. The van der Waals surface area contributed by atoms with Crippen LogP contribution < -0.4 is 11.1 Å². The first-order valence-electron chi connectivity index (χ1n) is 4.85. The van der Waals surface area contributed by atoms with Crippen molar-refractivity contribution >= 4 is 5.91 Å². The summed E-state index contributed by atoms with van der Waals surface area (Å²) < 4.78 is 5.52. The van der Waals surface area contributed by atoms with Crippen LogP contribution in [0, 0.1) is 0 Å². The average Bonchev–Trinajstić information content (AvgIpc) is 2.32. The summed E-state index contributed by atoms with van der Waals surface area (Å²) in [4.78, 5) is 10.7. The van der Waals surface area contributed by atoms with E-state index in [2.05, 4.69) is 5.32 Å². The van der Waals surface area contributed by atoms with Gasteiger partial charge in [-0.3, -0.25) is 4.79 Å². The molecule has 1 saturated heterocycles. The molecule has 4 heteroatoms. The molecule has 1 rings (SSSR count). The van der Waals surface area contributed by atoms with Gasteiger partial charge in [-0.1, -0.05) is 0 Å². The fourth-order valence-corrected chi connectivity index (χ4v) is 1.48. The van der Waals surface area contributed by atoms with Crippen molar-refractivity contribution in [2.24, 2.45) is 5.73 Å². The SMILES string of the molecule is CC(OC1CCCNCC1)C(N)=O. The Morgan fingerprint density at radius 3 is 3.00 bits per heavy atom. The van der Waals surface area contributed by atoms with Crippen molar-refractivity contribution < 1.29 is 9.53 Å². The van der Waals surface area contributed by atoms with Crippen LogP contribution >= 0.6 is 0 Å². The third-order valence-electron chi connectivity index (χ3n) is 2.32. The topological polar surface area (TPSA) is 64.3 Å². The Hall–Kier alpha value is -0.610. The minimum absolute atomic E-state index is 0.192. The summed E-state index contributed by atoms with van der Waals surface area (Å²) in [5.41, 5.74) is 5.11. The zero-order valence-electron chi connectivity index (χ0n) is 8.08. The van der Waals surface area contributed by atoms with E-state index in [0.29, 0.717) is 0 Å². The van der Waals surface area contributed by atoms with Gasteiger partial charge in [-0.05, 0) is 39.3 Å². The minimum atomic E-state index is -0.455. The second-order valence-electron chi connectivity index (χ2n) is 3.48. The van der Waals surface area contributed by atoms with Crippen molar-refractivity contribution in [3.8, 4) is 0 Å². The highest BCUT2D eigenvalue weighted by atomic mass is 16.5. The van der Waals surface area contributed by atoms with Crippen molar-refractivity contribution in [1.82, 2.24) is 5.32 Å². The third kappa shape index (κ3) is 3.74. The van der Waals surface area contributed by atoms with Crippen molar-refractivity contribution in [2.45, 2.75) is 38.4 Å². The quantitative estimate of drug-likeness (QED) is 0.653. The summed E-state index contributed by atoms with van der Waals surface area (Å²) in [6.07, 6.45) is 2.83. The number of ether oxygens (including phenoxy) is 1. The van der Waals surface area contributed by atoms with Crippen LogP contribution in [0.3, 0.4) is 0 Å². The van der Waals surface area contributed by atoms with Gasteiger partial charge in [0, 0.05) is 0 Å². The summed E-state index contributed by atoms with van der Waals surface area (Å²) in [5, 5.41) is 3.28. The molecule has 1 fully saturated rings. The first kappa shape index (κ1) is 10.5. The molecule has 0 aromatic heterocycles. The van der Waals surface area contributed by atoms with E-state index in [9.17, 15) is 4.79 Å². The van der Waals surface area contributed by atoms with Crippen LogP contribution in [0.25, 0.3) is 0 Å². The Morgan fingerprint density at radius 1 is 1.54 bits per heavy atom. The van der Waals surface area contributed by atoms with Crippen LogP contribution in [0.2, 0.25) is 0 Å². The van der Waals surface area contributed by atoms with E-state index >= 15 is 0 Å². The molecule has 1 aliphatic heterocycles. The molecular weight excluding hydrogens is 168 g/mol.